The van der Waals surface area contributed by atoms with Crippen LogP contribution in [0.3, 0.4) is 0 Å². The van der Waals surface area contributed by atoms with Crippen molar-refractivity contribution in [2.45, 2.75) is 36.6 Å². The number of rotatable bonds is 6. The van der Waals surface area contributed by atoms with Crippen molar-refractivity contribution in [3.05, 3.63) is 95.6 Å². The Bertz CT molecular complexity index is 1320. The molecule has 0 saturated carbocycles. The zero-order valence-corrected chi connectivity index (χ0v) is 19.6. The molecule has 3 aromatic carbocycles. The first-order valence-corrected chi connectivity index (χ1v) is 12.8. The molecule has 170 valence electrons. The Morgan fingerprint density at radius 3 is 2.73 bits per heavy atom. The van der Waals surface area contributed by atoms with E-state index in [1.807, 2.05) is 55.5 Å². The second kappa shape index (κ2) is 8.60. The summed E-state index contributed by atoms with van der Waals surface area (Å²) in [7, 11) is -2.02. The van der Waals surface area contributed by atoms with E-state index < -0.39 is 10.0 Å². The van der Waals surface area contributed by atoms with Crippen LogP contribution in [0.4, 0.5) is 11.4 Å². The van der Waals surface area contributed by atoms with Crippen LogP contribution in [0.5, 0.6) is 5.75 Å². The van der Waals surface area contributed by atoms with Gasteiger partial charge in [-0.2, -0.15) is 0 Å². The molecule has 0 amide bonds. The van der Waals surface area contributed by atoms with E-state index >= 15 is 0 Å². The van der Waals surface area contributed by atoms with E-state index in [1.165, 1.54) is 5.56 Å². The van der Waals surface area contributed by atoms with Crippen LogP contribution in [0.15, 0.2) is 83.8 Å². The zero-order chi connectivity index (χ0) is 23.0. The summed E-state index contributed by atoms with van der Waals surface area (Å²) in [6.07, 6.45) is 6.12. The monoisotopic (exact) mass is 460 g/mol. The summed E-state index contributed by atoms with van der Waals surface area (Å²) in [5, 5.41) is 3.67. The average Bonchev–Trinajstić information content (AvgIpc) is 3.34. The average molecular weight is 461 g/mol. The molecule has 0 saturated heterocycles. The molecule has 3 atom stereocenters. The lowest BCUT2D eigenvalue weighted by molar-refractivity contribution is 0.406. The Kier molecular flexibility index (Phi) is 5.62. The number of anilines is 2. The third-order valence-corrected chi connectivity index (χ3v) is 8.10. The van der Waals surface area contributed by atoms with Gasteiger partial charge in [0.05, 0.1) is 23.7 Å². The first-order valence-electron chi connectivity index (χ1n) is 11.3. The van der Waals surface area contributed by atoms with Crippen molar-refractivity contribution in [1.82, 2.24) is 0 Å². The number of ether oxygens (including phenoxy) is 1. The van der Waals surface area contributed by atoms with E-state index in [-0.39, 0.29) is 16.9 Å². The molecule has 0 spiro atoms. The molecular weight excluding hydrogens is 432 g/mol. The van der Waals surface area contributed by atoms with Crippen LogP contribution in [0.1, 0.15) is 42.0 Å². The molecule has 5 nitrogen and oxygen atoms in total. The molecule has 1 aliphatic carbocycles. The molecule has 0 aromatic heterocycles. The number of hydrogen-bond acceptors (Lipinski definition) is 4. The third kappa shape index (κ3) is 4.00. The van der Waals surface area contributed by atoms with Gasteiger partial charge in [-0.15, -0.1) is 0 Å². The highest BCUT2D eigenvalue weighted by molar-refractivity contribution is 7.92. The number of hydrogen-bond donors (Lipinski definition) is 2. The third-order valence-electron chi connectivity index (χ3n) is 6.74. The van der Waals surface area contributed by atoms with Crippen LogP contribution in [0.25, 0.3) is 0 Å². The predicted octanol–water partition coefficient (Wildman–Crippen LogP) is 5.88. The quantitative estimate of drug-likeness (QED) is 0.451. The lowest BCUT2D eigenvalue weighted by Crippen LogP contribution is -2.29. The minimum absolute atomic E-state index is 0.129. The van der Waals surface area contributed by atoms with Crippen LogP contribution in [0.2, 0.25) is 0 Å². The number of para-hydroxylation sites is 1. The van der Waals surface area contributed by atoms with E-state index in [0.717, 1.165) is 35.4 Å². The summed E-state index contributed by atoms with van der Waals surface area (Å²) in [6.45, 7) is 2.02. The molecule has 6 heteroatoms. The highest BCUT2D eigenvalue weighted by Gasteiger charge is 2.38. The Hall–Kier alpha value is -3.25. The number of benzene rings is 3. The fourth-order valence-corrected chi connectivity index (χ4v) is 6.17. The van der Waals surface area contributed by atoms with Gasteiger partial charge in [-0.3, -0.25) is 4.72 Å². The van der Waals surface area contributed by atoms with Crippen molar-refractivity contribution in [2.75, 3.05) is 17.1 Å². The van der Waals surface area contributed by atoms with Crippen molar-refractivity contribution in [2.24, 2.45) is 5.92 Å². The Balaban J connectivity index is 1.49. The lowest BCUT2D eigenvalue weighted by Gasteiger charge is -2.37. The maximum Gasteiger partial charge on any atom is 0.261 e. The number of allylic oxidation sites excluding steroid dienone is 2. The van der Waals surface area contributed by atoms with Crippen molar-refractivity contribution < 1.29 is 13.2 Å². The number of methoxy groups -OCH3 is 1. The molecule has 0 unspecified atom stereocenters. The SMILES string of the molecule is CCc1ccccc1NS(=O)(=O)c1ccc2c(c1)[C@H]1C=CC[C@H]1[C@@H](c1cccc(OC)c1)N2. The number of nitrogens with one attached hydrogen (secondary N) is 2. The topological polar surface area (TPSA) is 67.4 Å². The van der Waals surface area contributed by atoms with Gasteiger partial charge in [0, 0.05) is 11.6 Å². The van der Waals surface area contributed by atoms with E-state index in [4.69, 9.17) is 4.74 Å². The minimum atomic E-state index is -3.70. The second-order valence-corrected chi connectivity index (χ2v) is 10.3. The molecule has 5 rings (SSSR count). The molecule has 1 aliphatic heterocycles. The molecule has 33 heavy (non-hydrogen) atoms. The van der Waals surface area contributed by atoms with Crippen LogP contribution in [-0.2, 0) is 16.4 Å². The van der Waals surface area contributed by atoms with Crippen molar-refractivity contribution >= 4 is 21.4 Å². The normalized spacial score (nSPS) is 21.1. The summed E-state index contributed by atoms with van der Waals surface area (Å²) >= 11 is 0. The van der Waals surface area contributed by atoms with Crippen LogP contribution >= 0.6 is 0 Å². The number of aryl methyl sites for hydroxylation is 1. The van der Waals surface area contributed by atoms with Crippen molar-refractivity contribution in [3.63, 3.8) is 0 Å². The van der Waals surface area contributed by atoms with Gasteiger partial charge < -0.3 is 10.1 Å². The predicted molar refractivity (Wildman–Crippen MR) is 132 cm³/mol. The van der Waals surface area contributed by atoms with Gasteiger partial charge in [-0.1, -0.05) is 49.4 Å². The minimum Gasteiger partial charge on any atom is -0.497 e. The summed E-state index contributed by atoms with van der Waals surface area (Å²) in [4.78, 5) is 0.285. The summed E-state index contributed by atoms with van der Waals surface area (Å²) in [5.74, 6) is 1.31. The summed E-state index contributed by atoms with van der Waals surface area (Å²) in [5.41, 5.74) is 4.78. The highest BCUT2D eigenvalue weighted by Crippen LogP contribution is 2.50. The fraction of sp³-hybridized carbons (Fsp3) is 0.259. The smallest absolute Gasteiger partial charge is 0.261 e. The van der Waals surface area contributed by atoms with Gasteiger partial charge in [-0.05, 0) is 71.8 Å². The number of fused-ring (bicyclic) bond motifs is 3. The van der Waals surface area contributed by atoms with Crippen LogP contribution in [-0.4, -0.2) is 15.5 Å². The zero-order valence-electron chi connectivity index (χ0n) is 18.8. The van der Waals surface area contributed by atoms with E-state index in [9.17, 15) is 8.42 Å². The van der Waals surface area contributed by atoms with Gasteiger partial charge in [0.1, 0.15) is 5.75 Å². The van der Waals surface area contributed by atoms with Gasteiger partial charge >= 0.3 is 0 Å². The van der Waals surface area contributed by atoms with Gasteiger partial charge in [0.2, 0.25) is 0 Å². The van der Waals surface area contributed by atoms with Gasteiger partial charge in [-0.25, -0.2) is 8.42 Å². The van der Waals surface area contributed by atoms with Gasteiger partial charge in [0.15, 0.2) is 0 Å². The molecule has 0 fully saturated rings. The maximum atomic E-state index is 13.2. The van der Waals surface area contributed by atoms with Crippen LogP contribution in [0, 0.1) is 5.92 Å². The number of sulfonamides is 1. The second-order valence-electron chi connectivity index (χ2n) is 8.62. The van der Waals surface area contributed by atoms with Crippen molar-refractivity contribution in [1.29, 1.82) is 0 Å². The molecule has 0 bridgehead atoms. The molecule has 1 heterocycles. The Morgan fingerprint density at radius 1 is 1.06 bits per heavy atom. The van der Waals surface area contributed by atoms with E-state index in [1.54, 1.807) is 13.2 Å². The maximum absolute atomic E-state index is 13.2. The first-order chi connectivity index (χ1) is 16.0. The van der Waals surface area contributed by atoms with Gasteiger partial charge in [0.25, 0.3) is 10.0 Å². The van der Waals surface area contributed by atoms with E-state index in [0.29, 0.717) is 11.6 Å². The molecule has 2 N–H and O–H groups in total. The molecule has 2 aliphatic rings. The molecule has 0 radical (unpaired) electrons. The summed E-state index contributed by atoms with van der Waals surface area (Å²) < 4.78 is 34.7. The van der Waals surface area contributed by atoms with Crippen molar-refractivity contribution in [3.8, 4) is 5.75 Å². The largest absolute Gasteiger partial charge is 0.497 e. The standard InChI is InChI=1S/C27H28N2O3S/c1-3-18-8-4-5-13-25(18)29-33(30,31)21-14-15-26-24(17-21)22-11-7-12-23(22)27(28-26)19-9-6-10-20(16-19)32-2/h4-11,13-17,22-23,27-29H,3,12H2,1-2H3/t22-,23+,27+/m0/s1. The fourth-order valence-electron chi connectivity index (χ4n) is 5.04. The highest BCUT2D eigenvalue weighted by atomic mass is 32.2. The molecule has 3 aromatic rings. The van der Waals surface area contributed by atoms with Crippen LogP contribution < -0.4 is 14.8 Å². The first kappa shape index (κ1) is 21.6. The summed E-state index contributed by atoms with van der Waals surface area (Å²) in [6, 6.07) is 21.2. The molecular formula is C27H28N2O3S. The van der Waals surface area contributed by atoms with E-state index in [2.05, 4.69) is 34.3 Å². The Labute approximate surface area is 195 Å². The lowest BCUT2D eigenvalue weighted by atomic mass is 9.77. The Morgan fingerprint density at radius 2 is 1.91 bits per heavy atom.